The number of hydrogen-bond acceptors (Lipinski definition) is 4. The minimum Gasteiger partial charge on any atom is -0.394 e. The summed E-state index contributed by atoms with van der Waals surface area (Å²) in [5.74, 6) is 0.820. The summed E-state index contributed by atoms with van der Waals surface area (Å²) < 4.78 is 2.02. The van der Waals surface area contributed by atoms with Crippen molar-refractivity contribution in [3.05, 3.63) is 59.0 Å². The van der Waals surface area contributed by atoms with E-state index in [4.69, 9.17) is 0 Å². The average Bonchev–Trinajstić information content (AvgIpc) is 3.46. The number of aliphatic hydroxyl groups excluding tert-OH is 1. The number of rotatable bonds is 3. The molecule has 4 aromatic rings. The molecule has 5 nitrogen and oxygen atoms in total. The Morgan fingerprint density at radius 2 is 2.11 bits per heavy atom. The number of carbonyl (C=O) groups excluding carboxylic acids is 1. The van der Waals surface area contributed by atoms with Crippen LogP contribution in [0.1, 0.15) is 23.2 Å². The largest absolute Gasteiger partial charge is 0.394 e. The second-order valence-corrected chi connectivity index (χ2v) is 7.69. The van der Waals surface area contributed by atoms with Crippen LogP contribution in [0.25, 0.3) is 27.7 Å². The SMILES string of the molecule is O=C(c1cn2c(-c3ccsc3)ncc2c2ccccc12)N1CCC[C@@H]1CO. The van der Waals surface area contributed by atoms with Gasteiger partial charge in [0.15, 0.2) is 0 Å². The summed E-state index contributed by atoms with van der Waals surface area (Å²) in [6.07, 6.45) is 5.57. The minimum absolute atomic E-state index is 0.0111. The minimum atomic E-state index is -0.0916. The van der Waals surface area contributed by atoms with Crippen LogP contribution in [-0.4, -0.2) is 44.5 Å². The van der Waals surface area contributed by atoms with Crippen LogP contribution in [-0.2, 0) is 0 Å². The summed E-state index contributed by atoms with van der Waals surface area (Å²) in [4.78, 5) is 19.8. The number of hydrogen-bond donors (Lipinski definition) is 1. The van der Waals surface area contributed by atoms with E-state index in [0.29, 0.717) is 12.1 Å². The molecule has 1 aliphatic rings. The van der Waals surface area contributed by atoms with Gasteiger partial charge >= 0.3 is 0 Å². The van der Waals surface area contributed by atoms with Crippen LogP contribution in [0.15, 0.2) is 53.5 Å². The zero-order chi connectivity index (χ0) is 18.4. The summed E-state index contributed by atoms with van der Waals surface area (Å²) in [5, 5.41) is 15.7. The summed E-state index contributed by atoms with van der Waals surface area (Å²) in [5.41, 5.74) is 2.69. The molecule has 0 spiro atoms. The van der Waals surface area contributed by atoms with Gasteiger partial charge in [0.1, 0.15) is 5.82 Å². The zero-order valence-corrected chi connectivity index (χ0v) is 15.5. The van der Waals surface area contributed by atoms with Gasteiger partial charge in [-0.2, -0.15) is 11.3 Å². The van der Waals surface area contributed by atoms with Crippen molar-refractivity contribution < 1.29 is 9.90 Å². The highest BCUT2D eigenvalue weighted by atomic mass is 32.1. The molecule has 6 heteroatoms. The first kappa shape index (κ1) is 16.5. The lowest BCUT2D eigenvalue weighted by Gasteiger charge is -2.24. The molecule has 1 aliphatic heterocycles. The molecule has 1 N–H and O–H groups in total. The molecule has 3 aromatic heterocycles. The van der Waals surface area contributed by atoms with E-state index in [1.165, 1.54) is 0 Å². The summed E-state index contributed by atoms with van der Waals surface area (Å²) in [6, 6.07) is 9.92. The van der Waals surface area contributed by atoms with Crippen molar-refractivity contribution in [3.63, 3.8) is 0 Å². The van der Waals surface area contributed by atoms with Crippen LogP contribution in [0.3, 0.4) is 0 Å². The molecule has 0 radical (unpaired) electrons. The van der Waals surface area contributed by atoms with Gasteiger partial charge in [-0.15, -0.1) is 0 Å². The Morgan fingerprint density at radius 3 is 2.89 bits per heavy atom. The van der Waals surface area contributed by atoms with E-state index in [1.807, 2.05) is 57.4 Å². The molecule has 136 valence electrons. The predicted molar refractivity (Wildman–Crippen MR) is 107 cm³/mol. The van der Waals surface area contributed by atoms with Crippen molar-refractivity contribution in [3.8, 4) is 11.4 Å². The number of imidazole rings is 1. The normalized spacial score (nSPS) is 17.2. The maximum Gasteiger partial charge on any atom is 0.256 e. The van der Waals surface area contributed by atoms with E-state index >= 15 is 0 Å². The molecule has 0 bridgehead atoms. The Kier molecular flexibility index (Phi) is 3.95. The van der Waals surface area contributed by atoms with Crippen molar-refractivity contribution in [2.75, 3.05) is 13.2 Å². The van der Waals surface area contributed by atoms with Gasteiger partial charge in [0.2, 0.25) is 0 Å². The quantitative estimate of drug-likeness (QED) is 0.591. The molecule has 1 fully saturated rings. The van der Waals surface area contributed by atoms with Crippen molar-refractivity contribution >= 4 is 33.5 Å². The van der Waals surface area contributed by atoms with E-state index in [1.54, 1.807) is 11.3 Å². The third-order valence-electron chi connectivity index (χ3n) is 5.41. The van der Waals surface area contributed by atoms with Crippen molar-refractivity contribution in [1.29, 1.82) is 0 Å². The lowest BCUT2D eigenvalue weighted by molar-refractivity contribution is 0.0679. The second-order valence-electron chi connectivity index (χ2n) is 6.91. The van der Waals surface area contributed by atoms with Crippen molar-refractivity contribution in [2.24, 2.45) is 0 Å². The van der Waals surface area contributed by atoms with E-state index in [9.17, 15) is 9.90 Å². The number of benzene rings is 1. The molecular weight excluding hydrogens is 358 g/mol. The van der Waals surface area contributed by atoms with Gasteiger partial charge in [0.05, 0.1) is 29.9 Å². The van der Waals surface area contributed by atoms with Gasteiger partial charge in [-0.1, -0.05) is 24.3 Å². The van der Waals surface area contributed by atoms with Crippen molar-refractivity contribution in [2.45, 2.75) is 18.9 Å². The molecular formula is C21H19N3O2S. The first-order chi connectivity index (χ1) is 13.3. The number of amides is 1. The average molecular weight is 377 g/mol. The Labute approximate surface area is 160 Å². The highest BCUT2D eigenvalue weighted by Gasteiger charge is 2.30. The monoisotopic (exact) mass is 377 g/mol. The van der Waals surface area contributed by atoms with E-state index in [-0.39, 0.29) is 18.6 Å². The molecule has 0 unspecified atom stereocenters. The molecule has 1 aromatic carbocycles. The van der Waals surface area contributed by atoms with Gasteiger partial charge < -0.3 is 10.0 Å². The fourth-order valence-corrected chi connectivity index (χ4v) is 4.69. The van der Waals surface area contributed by atoms with Crippen LogP contribution in [0.5, 0.6) is 0 Å². The van der Waals surface area contributed by atoms with E-state index in [2.05, 4.69) is 10.4 Å². The Balaban J connectivity index is 1.75. The molecule has 5 rings (SSSR count). The lowest BCUT2D eigenvalue weighted by atomic mass is 10.0. The Bertz CT molecular complexity index is 1130. The predicted octanol–water partition coefficient (Wildman–Crippen LogP) is 3.81. The summed E-state index contributed by atoms with van der Waals surface area (Å²) in [6.45, 7) is 0.703. The zero-order valence-electron chi connectivity index (χ0n) is 14.7. The first-order valence-corrected chi connectivity index (χ1v) is 10.1. The maximum atomic E-state index is 13.4. The summed E-state index contributed by atoms with van der Waals surface area (Å²) in [7, 11) is 0. The molecule has 0 aliphatic carbocycles. The first-order valence-electron chi connectivity index (χ1n) is 9.11. The van der Waals surface area contributed by atoms with Gasteiger partial charge in [-0.25, -0.2) is 4.98 Å². The van der Waals surface area contributed by atoms with Gasteiger partial charge in [0.25, 0.3) is 5.91 Å². The number of carbonyl (C=O) groups is 1. The number of thiophene rings is 1. The lowest BCUT2D eigenvalue weighted by Crippen LogP contribution is -2.37. The Morgan fingerprint density at radius 1 is 1.26 bits per heavy atom. The highest BCUT2D eigenvalue weighted by Crippen LogP contribution is 2.31. The van der Waals surface area contributed by atoms with Crippen LogP contribution in [0, 0.1) is 0 Å². The topological polar surface area (TPSA) is 57.8 Å². The number of nitrogens with zero attached hydrogens (tertiary/aromatic N) is 3. The van der Waals surface area contributed by atoms with E-state index < -0.39 is 0 Å². The second kappa shape index (κ2) is 6.48. The van der Waals surface area contributed by atoms with Gasteiger partial charge in [-0.3, -0.25) is 9.20 Å². The maximum absolute atomic E-state index is 13.4. The van der Waals surface area contributed by atoms with Gasteiger partial charge in [-0.05, 0) is 29.7 Å². The standard InChI is InChI=1S/C21H19N3O2S/c25-12-15-4-3-8-23(15)21(26)18-11-24-19(17-6-2-1-5-16(17)18)10-22-20(24)14-7-9-27-13-14/h1-2,5-7,9-11,13,15,25H,3-4,8,12H2/t15-/m1/s1. The Hall–Kier alpha value is -2.70. The van der Waals surface area contributed by atoms with Crippen LogP contribution in [0.2, 0.25) is 0 Å². The van der Waals surface area contributed by atoms with Crippen molar-refractivity contribution in [1.82, 2.24) is 14.3 Å². The molecule has 0 saturated carbocycles. The highest BCUT2D eigenvalue weighted by molar-refractivity contribution is 7.08. The molecule has 1 saturated heterocycles. The number of pyridine rings is 1. The number of fused-ring (bicyclic) bond motifs is 3. The molecule has 27 heavy (non-hydrogen) atoms. The smallest absolute Gasteiger partial charge is 0.256 e. The van der Waals surface area contributed by atoms with Crippen LogP contribution in [0.4, 0.5) is 0 Å². The molecule has 4 heterocycles. The molecule has 1 amide bonds. The number of aromatic nitrogens is 2. The fraction of sp³-hybridized carbons (Fsp3) is 0.238. The fourth-order valence-electron chi connectivity index (χ4n) is 4.05. The molecule has 1 atom stereocenters. The van der Waals surface area contributed by atoms with Crippen LogP contribution >= 0.6 is 11.3 Å². The summed E-state index contributed by atoms with van der Waals surface area (Å²) >= 11 is 1.63. The third kappa shape index (κ3) is 2.56. The van der Waals surface area contributed by atoms with E-state index in [0.717, 1.165) is 40.5 Å². The number of aliphatic hydroxyl groups is 1. The van der Waals surface area contributed by atoms with Gasteiger partial charge in [0, 0.05) is 29.1 Å². The third-order valence-corrected chi connectivity index (χ3v) is 6.09. The number of likely N-dealkylation sites (tertiary alicyclic amines) is 1. The van der Waals surface area contributed by atoms with Crippen LogP contribution < -0.4 is 0 Å².